The molecule has 3 nitrogen and oxygen atoms in total. The molecule has 0 saturated carbocycles. The van der Waals surface area contributed by atoms with Gasteiger partial charge in [-0.25, -0.2) is 4.39 Å². The monoisotopic (exact) mass is 426 g/mol. The lowest BCUT2D eigenvalue weighted by Gasteiger charge is -2.23. The lowest BCUT2D eigenvalue weighted by Crippen LogP contribution is -2.37. The lowest BCUT2D eigenvalue weighted by molar-refractivity contribution is 0.259. The minimum atomic E-state index is -0.344. The van der Waals surface area contributed by atoms with E-state index in [9.17, 15) is 4.39 Å². The van der Waals surface area contributed by atoms with E-state index in [2.05, 4.69) is 29.3 Å². The molecular weight excluding hydrogens is 399 g/mol. The highest BCUT2D eigenvalue weighted by Crippen LogP contribution is 2.30. The van der Waals surface area contributed by atoms with E-state index in [0.29, 0.717) is 23.2 Å². The van der Waals surface area contributed by atoms with Gasteiger partial charge >= 0.3 is 0 Å². The number of rotatable bonds is 8. The Morgan fingerprint density at radius 1 is 1.10 bits per heavy atom. The first kappa shape index (κ1) is 21.1. The van der Waals surface area contributed by atoms with Crippen molar-refractivity contribution in [2.75, 3.05) is 19.6 Å². The predicted octanol–water partition coefficient (Wildman–Crippen LogP) is 5.79. The Labute approximate surface area is 182 Å². The molecule has 5 heteroatoms. The summed E-state index contributed by atoms with van der Waals surface area (Å²) in [5, 5.41) is 6.35. The molecule has 1 unspecified atom stereocenters. The summed E-state index contributed by atoms with van der Waals surface area (Å²) < 4.78 is 20.3. The number of benzene rings is 3. The third-order valence-electron chi connectivity index (χ3n) is 6.02. The third kappa shape index (κ3) is 4.61. The van der Waals surface area contributed by atoms with E-state index in [1.54, 1.807) is 12.1 Å². The molecule has 1 aliphatic heterocycles. The summed E-state index contributed by atoms with van der Waals surface area (Å²) in [6, 6.07) is 17.6. The molecule has 0 aliphatic carbocycles. The fourth-order valence-electron chi connectivity index (χ4n) is 4.36. The van der Waals surface area contributed by atoms with Crippen molar-refractivity contribution in [2.24, 2.45) is 0 Å². The number of ether oxygens (including phenoxy) is 1. The third-order valence-corrected chi connectivity index (χ3v) is 6.37. The zero-order valence-corrected chi connectivity index (χ0v) is 18.1. The Hall–Kier alpha value is -2.14. The van der Waals surface area contributed by atoms with E-state index in [0.717, 1.165) is 29.8 Å². The average molecular weight is 427 g/mol. The van der Waals surface area contributed by atoms with E-state index in [-0.39, 0.29) is 12.4 Å². The predicted molar refractivity (Wildman–Crippen MR) is 122 cm³/mol. The molecule has 3 aromatic carbocycles. The number of likely N-dealkylation sites (N-methyl/N-ethyl adjacent to an activating group) is 1. The largest absolute Gasteiger partial charge is 0.488 e. The molecule has 1 fully saturated rings. The van der Waals surface area contributed by atoms with Gasteiger partial charge in [-0.3, -0.25) is 4.90 Å². The molecule has 0 radical (unpaired) electrons. The van der Waals surface area contributed by atoms with Gasteiger partial charge < -0.3 is 10.1 Å². The van der Waals surface area contributed by atoms with Crippen molar-refractivity contribution in [1.29, 1.82) is 0 Å². The van der Waals surface area contributed by atoms with Gasteiger partial charge in [0.25, 0.3) is 0 Å². The summed E-state index contributed by atoms with van der Waals surface area (Å²) in [6.07, 6.45) is 2.51. The molecule has 1 N–H and O–H groups in total. The number of halogens is 2. The van der Waals surface area contributed by atoms with Gasteiger partial charge in [0, 0.05) is 30.3 Å². The number of fused-ring (bicyclic) bond motifs is 1. The van der Waals surface area contributed by atoms with E-state index < -0.39 is 0 Å². The van der Waals surface area contributed by atoms with E-state index in [4.69, 9.17) is 16.3 Å². The lowest BCUT2D eigenvalue weighted by atomic mass is 10.0. The first-order valence-electron chi connectivity index (χ1n) is 10.7. The molecule has 0 aromatic heterocycles. The summed E-state index contributed by atoms with van der Waals surface area (Å²) in [5.74, 6) is 0.420. The normalized spacial score (nSPS) is 17.0. The van der Waals surface area contributed by atoms with Crippen LogP contribution < -0.4 is 10.1 Å². The van der Waals surface area contributed by atoms with Crippen molar-refractivity contribution in [3.8, 4) is 5.75 Å². The van der Waals surface area contributed by atoms with Gasteiger partial charge in [-0.2, -0.15) is 0 Å². The Morgan fingerprint density at radius 3 is 2.80 bits per heavy atom. The number of nitrogens with zero attached hydrogens (tertiary/aromatic N) is 1. The summed E-state index contributed by atoms with van der Waals surface area (Å²) in [6.45, 7) is 6.27. The molecule has 0 bridgehead atoms. The van der Waals surface area contributed by atoms with Crippen molar-refractivity contribution in [3.63, 3.8) is 0 Å². The fraction of sp³-hybridized carbons (Fsp3) is 0.360. The highest BCUT2D eigenvalue weighted by molar-refractivity contribution is 6.31. The molecular formula is C25H28ClFN2O. The highest BCUT2D eigenvalue weighted by atomic mass is 35.5. The maximum atomic E-state index is 14.2. The molecule has 1 aliphatic rings. The number of hydrogen-bond donors (Lipinski definition) is 1. The number of likely N-dealkylation sites (tertiary alicyclic amines) is 1. The van der Waals surface area contributed by atoms with Gasteiger partial charge in [-0.1, -0.05) is 54.9 Å². The van der Waals surface area contributed by atoms with Crippen LogP contribution in [0.15, 0.2) is 54.6 Å². The Bertz CT molecular complexity index is 989. The van der Waals surface area contributed by atoms with Gasteiger partial charge in [0.2, 0.25) is 0 Å². The van der Waals surface area contributed by atoms with Crippen LogP contribution in [0.5, 0.6) is 5.75 Å². The summed E-state index contributed by atoms with van der Waals surface area (Å²) in [5.41, 5.74) is 1.48. The molecule has 0 amide bonds. The van der Waals surface area contributed by atoms with Crippen molar-refractivity contribution in [2.45, 2.75) is 39.0 Å². The van der Waals surface area contributed by atoms with Crippen LogP contribution in [-0.4, -0.2) is 30.6 Å². The second-order valence-corrected chi connectivity index (χ2v) is 8.22. The van der Waals surface area contributed by atoms with Crippen molar-refractivity contribution in [3.05, 3.63) is 76.6 Å². The van der Waals surface area contributed by atoms with Crippen LogP contribution in [0.1, 0.15) is 30.9 Å². The Morgan fingerprint density at radius 2 is 1.97 bits per heavy atom. The maximum absolute atomic E-state index is 14.2. The van der Waals surface area contributed by atoms with Crippen molar-refractivity contribution < 1.29 is 9.13 Å². The summed E-state index contributed by atoms with van der Waals surface area (Å²) >= 11 is 6.18. The fourth-order valence-corrected chi connectivity index (χ4v) is 4.58. The smallest absolute Gasteiger partial charge is 0.131 e. The zero-order valence-electron chi connectivity index (χ0n) is 17.3. The van der Waals surface area contributed by atoms with Crippen molar-refractivity contribution in [1.82, 2.24) is 10.2 Å². The molecule has 3 aromatic rings. The topological polar surface area (TPSA) is 24.5 Å². The molecule has 4 rings (SSSR count). The molecule has 0 spiro atoms. The van der Waals surface area contributed by atoms with Crippen LogP contribution in [0.2, 0.25) is 5.02 Å². The molecule has 1 saturated heterocycles. The second-order valence-electron chi connectivity index (χ2n) is 7.81. The van der Waals surface area contributed by atoms with Gasteiger partial charge in [-0.15, -0.1) is 0 Å². The molecule has 158 valence electrons. The molecule has 30 heavy (non-hydrogen) atoms. The average Bonchev–Trinajstić information content (AvgIpc) is 3.22. The molecule has 1 heterocycles. The Balaban J connectivity index is 1.53. The van der Waals surface area contributed by atoms with Crippen LogP contribution in [0.25, 0.3) is 10.8 Å². The van der Waals surface area contributed by atoms with Gasteiger partial charge in [0.1, 0.15) is 18.2 Å². The quantitative estimate of drug-likeness (QED) is 0.493. The summed E-state index contributed by atoms with van der Waals surface area (Å²) in [4.78, 5) is 2.54. The SMILES string of the molecule is CCN1CCCC1CNCc1c(OCc2c(F)cccc2Cl)ccc2ccccc12. The first-order valence-corrected chi connectivity index (χ1v) is 11.1. The standard InChI is InChI=1S/C25H28ClFN2O/c1-2-29-14-6-8-19(29)15-28-16-21-20-9-4-3-7-18(20)12-13-25(21)30-17-22-23(26)10-5-11-24(22)27/h3-5,7,9-13,19,28H,2,6,8,14-17H2,1H3. The van der Waals surface area contributed by atoms with Gasteiger partial charge in [0.15, 0.2) is 0 Å². The minimum absolute atomic E-state index is 0.100. The van der Waals surface area contributed by atoms with Crippen LogP contribution >= 0.6 is 11.6 Å². The van der Waals surface area contributed by atoms with Crippen molar-refractivity contribution >= 4 is 22.4 Å². The number of hydrogen-bond acceptors (Lipinski definition) is 3. The van der Waals surface area contributed by atoms with Crippen LogP contribution in [0.4, 0.5) is 4.39 Å². The van der Waals surface area contributed by atoms with Gasteiger partial charge in [0.05, 0.1) is 5.02 Å². The first-order chi connectivity index (χ1) is 14.7. The second kappa shape index (κ2) is 9.78. The van der Waals surface area contributed by atoms with Crippen LogP contribution in [0.3, 0.4) is 0 Å². The highest BCUT2D eigenvalue weighted by Gasteiger charge is 2.22. The van der Waals surface area contributed by atoms with Crippen LogP contribution in [-0.2, 0) is 13.2 Å². The van der Waals surface area contributed by atoms with E-state index in [1.807, 2.05) is 24.3 Å². The van der Waals surface area contributed by atoms with E-state index in [1.165, 1.54) is 30.8 Å². The van der Waals surface area contributed by atoms with Gasteiger partial charge in [-0.05, 0) is 54.9 Å². The Kier molecular flexibility index (Phi) is 6.88. The molecule has 1 atom stereocenters. The number of nitrogens with one attached hydrogen (secondary N) is 1. The van der Waals surface area contributed by atoms with E-state index >= 15 is 0 Å². The summed E-state index contributed by atoms with van der Waals surface area (Å²) in [7, 11) is 0. The minimum Gasteiger partial charge on any atom is -0.488 e. The van der Waals surface area contributed by atoms with Crippen LogP contribution in [0, 0.1) is 5.82 Å². The maximum Gasteiger partial charge on any atom is 0.131 e. The zero-order chi connectivity index (χ0) is 20.9.